The van der Waals surface area contributed by atoms with Gasteiger partial charge in [0.2, 0.25) is 0 Å². The predicted molar refractivity (Wildman–Crippen MR) is 47.4 cm³/mol. The van der Waals surface area contributed by atoms with Crippen molar-refractivity contribution < 1.29 is 24.9 Å². The lowest BCUT2D eigenvalue weighted by Gasteiger charge is -1.94. The van der Waals surface area contributed by atoms with Gasteiger partial charge < -0.3 is 20.1 Å². The maximum Gasteiger partial charge on any atom is 0.330 e. The molecule has 0 fully saturated rings. The fourth-order valence-corrected chi connectivity index (χ4v) is 0.231. The molecule has 0 spiro atoms. The van der Waals surface area contributed by atoms with Crippen LogP contribution in [0.2, 0.25) is 0 Å². The molecule has 0 radical (unpaired) electrons. The highest BCUT2D eigenvalue weighted by atomic mass is 16.5. The van der Waals surface area contributed by atoms with Gasteiger partial charge in [-0.1, -0.05) is 6.58 Å². The van der Waals surface area contributed by atoms with Crippen LogP contribution >= 0.6 is 0 Å². The first-order valence-corrected chi connectivity index (χ1v) is 3.74. The average Bonchev–Trinajstić information content (AvgIpc) is 2.06. The lowest BCUT2D eigenvalue weighted by atomic mass is 10.4. The van der Waals surface area contributed by atoms with Gasteiger partial charge in [-0.05, 0) is 6.92 Å². The fourth-order valence-electron chi connectivity index (χ4n) is 0.231. The molecule has 13 heavy (non-hydrogen) atoms. The quantitative estimate of drug-likeness (QED) is 0.409. The lowest BCUT2D eigenvalue weighted by Crippen LogP contribution is -2.03. The third kappa shape index (κ3) is 18.2. The van der Waals surface area contributed by atoms with E-state index in [0.29, 0.717) is 13.2 Å². The van der Waals surface area contributed by atoms with Crippen LogP contribution in [0.25, 0.3) is 0 Å². The Hall–Kier alpha value is -0.910. The number of rotatable bonds is 5. The molecule has 0 saturated heterocycles. The van der Waals surface area contributed by atoms with Gasteiger partial charge in [-0.2, -0.15) is 0 Å². The van der Waals surface area contributed by atoms with E-state index in [-0.39, 0.29) is 18.8 Å². The second-order valence-electron chi connectivity index (χ2n) is 2.15. The molecule has 0 rings (SSSR count). The number of carbonyl (C=O) groups is 1. The highest BCUT2D eigenvalue weighted by Crippen LogP contribution is 1.81. The van der Waals surface area contributed by atoms with E-state index in [0.717, 1.165) is 0 Å². The van der Waals surface area contributed by atoms with E-state index in [1.165, 1.54) is 6.92 Å². The molecule has 3 N–H and O–H groups in total. The molecule has 78 valence electrons. The Kier molecular flexibility index (Phi) is 12.5. The van der Waals surface area contributed by atoms with Crippen molar-refractivity contribution in [2.24, 2.45) is 0 Å². The maximum atomic E-state index is 9.60. The van der Waals surface area contributed by atoms with Crippen LogP contribution in [0.4, 0.5) is 0 Å². The number of hydrogen-bond donors (Lipinski definition) is 3. The van der Waals surface area contributed by atoms with Crippen LogP contribution in [0.5, 0.6) is 0 Å². The van der Waals surface area contributed by atoms with E-state index in [9.17, 15) is 4.79 Å². The van der Waals surface area contributed by atoms with Gasteiger partial charge in [0, 0.05) is 5.57 Å². The van der Waals surface area contributed by atoms with Crippen molar-refractivity contribution in [3.8, 4) is 0 Å². The highest BCUT2D eigenvalue weighted by molar-refractivity contribution is 5.84. The summed E-state index contributed by atoms with van der Waals surface area (Å²) < 4.78 is 4.63. The minimum atomic E-state index is -0.935. The number of aliphatic hydroxyl groups excluding tert-OH is 2. The highest BCUT2D eigenvalue weighted by Gasteiger charge is 1.90. The number of carboxylic acid groups (broad SMARTS) is 1. The van der Waals surface area contributed by atoms with Crippen molar-refractivity contribution in [3.05, 3.63) is 12.2 Å². The molecule has 0 amide bonds. The molecule has 5 heteroatoms. The molecule has 0 aliphatic carbocycles. The molecular formula is C8H16O5. The fraction of sp³-hybridized carbons (Fsp3) is 0.625. The molecule has 0 bridgehead atoms. The first kappa shape index (κ1) is 14.6. The third-order valence-corrected chi connectivity index (χ3v) is 0.836. The van der Waals surface area contributed by atoms with Crippen LogP contribution in [-0.4, -0.2) is 47.7 Å². The first-order valence-electron chi connectivity index (χ1n) is 3.74. The molecule has 0 aliphatic heterocycles. The molecule has 0 aromatic heterocycles. The van der Waals surface area contributed by atoms with Crippen LogP contribution in [0, 0.1) is 0 Å². The molecule has 0 aliphatic rings. The van der Waals surface area contributed by atoms with Gasteiger partial charge in [-0.25, -0.2) is 4.79 Å². The summed E-state index contributed by atoms with van der Waals surface area (Å²) in [5, 5.41) is 24.1. The van der Waals surface area contributed by atoms with Crippen molar-refractivity contribution in [2.45, 2.75) is 6.92 Å². The molecule has 5 nitrogen and oxygen atoms in total. The van der Waals surface area contributed by atoms with Crippen molar-refractivity contribution >= 4 is 5.97 Å². The normalized spacial score (nSPS) is 8.54. The van der Waals surface area contributed by atoms with Gasteiger partial charge in [0.25, 0.3) is 0 Å². The number of ether oxygens (including phenoxy) is 1. The molecule has 0 heterocycles. The summed E-state index contributed by atoms with van der Waals surface area (Å²) in [6, 6.07) is 0. The van der Waals surface area contributed by atoms with E-state index >= 15 is 0 Å². The van der Waals surface area contributed by atoms with Gasteiger partial charge >= 0.3 is 5.97 Å². The summed E-state index contributed by atoms with van der Waals surface area (Å²) in [6.07, 6.45) is 0. The van der Waals surface area contributed by atoms with Gasteiger partial charge in [0.05, 0.1) is 26.4 Å². The summed E-state index contributed by atoms with van der Waals surface area (Å²) in [4.78, 5) is 9.60. The van der Waals surface area contributed by atoms with Crippen LogP contribution in [0.3, 0.4) is 0 Å². The van der Waals surface area contributed by atoms with E-state index in [2.05, 4.69) is 11.3 Å². The first-order chi connectivity index (χ1) is 6.06. The van der Waals surface area contributed by atoms with Gasteiger partial charge in [-0.3, -0.25) is 0 Å². The lowest BCUT2D eigenvalue weighted by molar-refractivity contribution is -0.132. The van der Waals surface area contributed by atoms with E-state index in [1.54, 1.807) is 0 Å². The minimum absolute atomic E-state index is 0.0278. The molecule has 0 aromatic rings. The number of hydrogen-bond acceptors (Lipinski definition) is 4. The summed E-state index contributed by atoms with van der Waals surface area (Å²) >= 11 is 0. The largest absolute Gasteiger partial charge is 0.478 e. The second-order valence-corrected chi connectivity index (χ2v) is 2.15. The second kappa shape index (κ2) is 11.1. The third-order valence-electron chi connectivity index (χ3n) is 0.836. The molecular weight excluding hydrogens is 176 g/mol. The van der Waals surface area contributed by atoms with E-state index < -0.39 is 5.97 Å². The number of aliphatic carboxylic acids is 1. The van der Waals surface area contributed by atoms with Gasteiger partial charge in [0.15, 0.2) is 0 Å². The van der Waals surface area contributed by atoms with Crippen LogP contribution in [0.1, 0.15) is 6.92 Å². The summed E-state index contributed by atoms with van der Waals surface area (Å²) in [5.74, 6) is -0.935. The Bertz CT molecular complexity index is 127. The Morgan fingerprint density at radius 3 is 1.77 bits per heavy atom. The van der Waals surface area contributed by atoms with Crippen molar-refractivity contribution in [1.82, 2.24) is 0 Å². The topological polar surface area (TPSA) is 87.0 Å². The predicted octanol–water partition coefficient (Wildman–Crippen LogP) is -0.365. The Balaban J connectivity index is 0. The Morgan fingerprint density at radius 2 is 1.62 bits per heavy atom. The smallest absolute Gasteiger partial charge is 0.330 e. The van der Waals surface area contributed by atoms with E-state index in [4.69, 9.17) is 15.3 Å². The molecule has 0 aromatic carbocycles. The SMILES string of the molecule is C=C(C)C(=O)O.OCCOCCO. The Labute approximate surface area is 77.3 Å². The molecule has 0 atom stereocenters. The summed E-state index contributed by atoms with van der Waals surface area (Å²) in [7, 11) is 0. The Morgan fingerprint density at radius 1 is 1.31 bits per heavy atom. The van der Waals surface area contributed by atoms with Crippen LogP contribution < -0.4 is 0 Å². The standard InChI is InChI=1S/C4H10O3.C4H6O2/c5-1-3-7-4-2-6;1-3(2)4(5)6/h5-6H,1-4H2;1H2,2H3,(H,5,6). The van der Waals surface area contributed by atoms with Crippen molar-refractivity contribution in [3.63, 3.8) is 0 Å². The van der Waals surface area contributed by atoms with Crippen molar-refractivity contribution in [1.29, 1.82) is 0 Å². The van der Waals surface area contributed by atoms with Gasteiger partial charge in [-0.15, -0.1) is 0 Å². The maximum absolute atomic E-state index is 9.60. The summed E-state index contributed by atoms with van der Waals surface area (Å²) in [6.45, 7) is 5.30. The zero-order chi connectivity index (χ0) is 10.7. The number of aliphatic hydroxyl groups is 2. The average molecular weight is 192 g/mol. The van der Waals surface area contributed by atoms with Gasteiger partial charge in [0.1, 0.15) is 0 Å². The van der Waals surface area contributed by atoms with Crippen molar-refractivity contribution in [2.75, 3.05) is 26.4 Å². The van der Waals surface area contributed by atoms with Crippen LogP contribution in [-0.2, 0) is 9.53 Å². The number of carboxylic acids is 1. The molecule has 0 saturated carbocycles. The molecule has 0 unspecified atom stereocenters. The van der Waals surface area contributed by atoms with Crippen LogP contribution in [0.15, 0.2) is 12.2 Å². The van der Waals surface area contributed by atoms with E-state index in [1.807, 2.05) is 0 Å². The zero-order valence-electron chi connectivity index (χ0n) is 7.69. The monoisotopic (exact) mass is 192 g/mol. The minimum Gasteiger partial charge on any atom is -0.478 e. The summed E-state index contributed by atoms with van der Waals surface area (Å²) in [5.41, 5.74) is 0.176. The zero-order valence-corrected chi connectivity index (χ0v) is 7.69.